The second kappa shape index (κ2) is 4.93. The van der Waals surface area contributed by atoms with E-state index in [0.717, 1.165) is 6.07 Å². The summed E-state index contributed by atoms with van der Waals surface area (Å²) in [5.74, 6) is -2.02. The normalized spacial score (nSPS) is 17.0. The van der Waals surface area contributed by atoms with E-state index in [4.69, 9.17) is 0 Å². The van der Waals surface area contributed by atoms with Crippen LogP contribution in [0.5, 0.6) is 0 Å². The Kier molecular flexibility index (Phi) is 3.09. The van der Waals surface area contributed by atoms with Crippen LogP contribution in [0.1, 0.15) is 23.9 Å². The van der Waals surface area contributed by atoms with Crippen molar-refractivity contribution in [1.82, 2.24) is 10.3 Å². The number of rotatable bonds is 3. The average molecular weight is 294 g/mol. The molecular formula is C12H8F2N4O3. The van der Waals surface area contributed by atoms with E-state index in [0.29, 0.717) is 0 Å². The highest BCUT2D eigenvalue weighted by molar-refractivity contribution is 5.61. The Morgan fingerprint density at radius 2 is 2.19 bits per heavy atom. The van der Waals surface area contributed by atoms with Crippen molar-refractivity contribution in [3.63, 3.8) is 0 Å². The highest BCUT2D eigenvalue weighted by atomic mass is 19.2. The average Bonchev–Trinajstić information content (AvgIpc) is 2.93. The Labute approximate surface area is 116 Å². The minimum atomic E-state index is -1.03. The summed E-state index contributed by atoms with van der Waals surface area (Å²) in [7, 11) is 0. The maximum atomic E-state index is 13.6. The lowest BCUT2D eigenvalue weighted by Gasteiger charge is -2.19. The van der Waals surface area contributed by atoms with Gasteiger partial charge in [0.05, 0.1) is 16.7 Å². The number of anilines is 1. The summed E-state index contributed by atoms with van der Waals surface area (Å²) in [6, 6.07) is 3.11. The van der Waals surface area contributed by atoms with Crippen LogP contribution in [0.4, 0.5) is 14.5 Å². The first-order valence-corrected chi connectivity index (χ1v) is 5.96. The number of benzene rings is 1. The number of hydrogen-bond donors (Lipinski definition) is 1. The molecule has 108 valence electrons. The molecule has 0 fully saturated rings. The summed E-state index contributed by atoms with van der Waals surface area (Å²) in [5.41, 5.74) is -0.107. The Balaban J connectivity index is 1.93. The van der Waals surface area contributed by atoms with Crippen LogP contribution in [0.2, 0.25) is 0 Å². The molecule has 0 aliphatic heterocycles. The molecule has 3 rings (SSSR count). The number of nitrogens with one attached hydrogen (secondary N) is 1. The van der Waals surface area contributed by atoms with Crippen molar-refractivity contribution in [1.29, 1.82) is 0 Å². The van der Waals surface area contributed by atoms with Gasteiger partial charge in [-0.05, 0) is 29.8 Å². The van der Waals surface area contributed by atoms with Crippen molar-refractivity contribution in [3.05, 3.63) is 57.4 Å². The van der Waals surface area contributed by atoms with Crippen molar-refractivity contribution in [3.8, 4) is 0 Å². The summed E-state index contributed by atoms with van der Waals surface area (Å²) in [6.07, 6.45) is 1.51. The molecule has 1 unspecified atom stereocenters. The molecule has 1 heterocycles. The SMILES string of the molecule is O=[N+]([O-])C1=CCC(Nc2cccc(F)c2F)c2nonc21. The maximum absolute atomic E-state index is 13.6. The molecule has 1 atom stereocenters. The molecule has 1 aromatic heterocycles. The van der Waals surface area contributed by atoms with E-state index in [1.54, 1.807) is 0 Å². The number of hydrogen-bond acceptors (Lipinski definition) is 6. The first-order chi connectivity index (χ1) is 10.1. The van der Waals surface area contributed by atoms with E-state index in [-0.39, 0.29) is 29.2 Å². The van der Waals surface area contributed by atoms with Gasteiger partial charge < -0.3 is 5.32 Å². The number of aromatic nitrogens is 2. The number of nitro groups is 1. The summed E-state index contributed by atoms with van der Waals surface area (Å²) >= 11 is 0. The van der Waals surface area contributed by atoms with E-state index >= 15 is 0 Å². The fourth-order valence-electron chi connectivity index (χ4n) is 2.13. The van der Waals surface area contributed by atoms with Gasteiger partial charge in [-0.2, -0.15) is 0 Å². The lowest BCUT2D eigenvalue weighted by Crippen LogP contribution is -2.18. The number of nitrogens with zero attached hydrogens (tertiary/aromatic N) is 3. The smallest absolute Gasteiger partial charge is 0.296 e. The van der Waals surface area contributed by atoms with Crippen LogP contribution in [0.3, 0.4) is 0 Å². The van der Waals surface area contributed by atoms with Gasteiger partial charge in [0.15, 0.2) is 11.6 Å². The molecule has 9 heteroatoms. The first kappa shape index (κ1) is 13.2. The van der Waals surface area contributed by atoms with Crippen LogP contribution in [-0.2, 0) is 0 Å². The predicted molar refractivity (Wildman–Crippen MR) is 66.6 cm³/mol. The van der Waals surface area contributed by atoms with Gasteiger partial charge >= 0.3 is 0 Å². The van der Waals surface area contributed by atoms with E-state index in [2.05, 4.69) is 20.3 Å². The predicted octanol–water partition coefficient (Wildman–Crippen LogP) is 2.52. The van der Waals surface area contributed by atoms with Crippen LogP contribution in [0, 0.1) is 21.7 Å². The van der Waals surface area contributed by atoms with Gasteiger partial charge in [0.2, 0.25) is 5.69 Å². The van der Waals surface area contributed by atoms with Crippen LogP contribution in [0.15, 0.2) is 28.9 Å². The topological polar surface area (TPSA) is 94.1 Å². The van der Waals surface area contributed by atoms with Gasteiger partial charge in [-0.15, -0.1) is 0 Å². The molecule has 1 N–H and O–H groups in total. The van der Waals surface area contributed by atoms with E-state index < -0.39 is 22.6 Å². The zero-order chi connectivity index (χ0) is 15.0. The molecule has 0 saturated heterocycles. The number of fused-ring (bicyclic) bond motifs is 1. The van der Waals surface area contributed by atoms with Crippen molar-refractivity contribution < 1.29 is 18.3 Å². The third-order valence-electron chi connectivity index (χ3n) is 3.11. The molecule has 0 bridgehead atoms. The largest absolute Gasteiger partial charge is 0.374 e. The molecule has 0 amide bonds. The fourth-order valence-corrected chi connectivity index (χ4v) is 2.13. The van der Waals surface area contributed by atoms with Crippen LogP contribution < -0.4 is 5.32 Å². The van der Waals surface area contributed by atoms with Gasteiger partial charge in [-0.1, -0.05) is 11.2 Å². The zero-order valence-corrected chi connectivity index (χ0v) is 10.4. The van der Waals surface area contributed by atoms with Crippen LogP contribution >= 0.6 is 0 Å². The van der Waals surface area contributed by atoms with Crippen LogP contribution in [-0.4, -0.2) is 15.2 Å². The summed E-state index contributed by atoms with van der Waals surface area (Å²) in [5, 5.41) is 20.7. The van der Waals surface area contributed by atoms with Gasteiger partial charge in [-0.25, -0.2) is 13.4 Å². The van der Waals surface area contributed by atoms with E-state index in [1.165, 1.54) is 18.2 Å². The highest BCUT2D eigenvalue weighted by Gasteiger charge is 2.33. The lowest BCUT2D eigenvalue weighted by molar-refractivity contribution is -0.376. The molecule has 2 aromatic rings. The second-order valence-corrected chi connectivity index (χ2v) is 4.38. The second-order valence-electron chi connectivity index (χ2n) is 4.38. The van der Waals surface area contributed by atoms with Crippen molar-refractivity contribution >= 4 is 11.4 Å². The third-order valence-corrected chi connectivity index (χ3v) is 3.11. The van der Waals surface area contributed by atoms with Gasteiger partial charge in [-0.3, -0.25) is 10.1 Å². The molecular weight excluding hydrogens is 286 g/mol. The molecule has 7 nitrogen and oxygen atoms in total. The molecule has 1 aliphatic rings. The number of halogens is 2. The molecule has 21 heavy (non-hydrogen) atoms. The summed E-state index contributed by atoms with van der Waals surface area (Å²) < 4.78 is 31.3. The van der Waals surface area contributed by atoms with E-state index in [1.807, 2.05) is 0 Å². The maximum Gasteiger partial charge on any atom is 0.296 e. The van der Waals surface area contributed by atoms with Crippen molar-refractivity contribution in [2.45, 2.75) is 12.5 Å². The fraction of sp³-hybridized carbons (Fsp3) is 0.167. The minimum absolute atomic E-state index is 0.0134. The molecule has 1 aromatic carbocycles. The van der Waals surface area contributed by atoms with Gasteiger partial charge in [0.1, 0.15) is 5.69 Å². The van der Waals surface area contributed by atoms with Crippen LogP contribution in [0.25, 0.3) is 5.70 Å². The van der Waals surface area contributed by atoms with Gasteiger partial charge in [0, 0.05) is 0 Å². The Morgan fingerprint density at radius 3 is 2.95 bits per heavy atom. The van der Waals surface area contributed by atoms with Gasteiger partial charge in [0.25, 0.3) is 5.70 Å². The monoisotopic (exact) mass is 294 g/mol. The molecule has 0 saturated carbocycles. The summed E-state index contributed by atoms with van der Waals surface area (Å²) in [6.45, 7) is 0. The minimum Gasteiger partial charge on any atom is -0.374 e. The van der Waals surface area contributed by atoms with E-state index in [9.17, 15) is 18.9 Å². The quantitative estimate of drug-likeness (QED) is 0.690. The third kappa shape index (κ3) is 2.22. The Hall–Kier alpha value is -2.84. The Morgan fingerprint density at radius 1 is 1.38 bits per heavy atom. The summed E-state index contributed by atoms with van der Waals surface area (Å²) in [4.78, 5) is 10.3. The first-order valence-electron chi connectivity index (χ1n) is 5.96. The molecule has 0 spiro atoms. The van der Waals surface area contributed by atoms with Crippen molar-refractivity contribution in [2.24, 2.45) is 0 Å². The zero-order valence-electron chi connectivity index (χ0n) is 10.4. The lowest BCUT2D eigenvalue weighted by atomic mass is 9.99. The molecule has 0 radical (unpaired) electrons. The van der Waals surface area contributed by atoms with Crippen molar-refractivity contribution in [2.75, 3.05) is 5.32 Å². The molecule has 1 aliphatic carbocycles. The highest BCUT2D eigenvalue weighted by Crippen LogP contribution is 2.33. The standard InChI is InChI=1S/C12H8F2N4O3/c13-6-2-1-3-7(10(6)14)15-8-4-5-9(18(19)20)12-11(8)16-21-17-12/h1-3,5,8,15H,4H2. The Bertz CT molecular complexity index is 744.